The molecule has 66 valence electrons. The van der Waals surface area contributed by atoms with Crippen molar-refractivity contribution in [2.45, 2.75) is 6.18 Å². The van der Waals surface area contributed by atoms with Crippen LogP contribution in [0.1, 0.15) is 5.56 Å². The van der Waals surface area contributed by atoms with Gasteiger partial charge in [0.25, 0.3) is 0 Å². The van der Waals surface area contributed by atoms with E-state index in [-0.39, 0.29) is 5.88 Å². The fourth-order valence-corrected chi connectivity index (χ4v) is 0.869. The molecule has 0 saturated carbocycles. The van der Waals surface area contributed by atoms with E-state index in [1.54, 1.807) is 0 Å². The molecular formula is C6H3F3INO. The fourth-order valence-electron chi connectivity index (χ4n) is 0.628. The second-order valence-electron chi connectivity index (χ2n) is 1.96. The predicted octanol–water partition coefficient (Wildman–Crippen LogP) is 2.83. The van der Waals surface area contributed by atoms with E-state index in [9.17, 15) is 13.2 Å². The van der Waals surface area contributed by atoms with Crippen molar-refractivity contribution < 1.29 is 16.2 Å². The zero-order valence-electron chi connectivity index (χ0n) is 5.60. The monoisotopic (exact) mass is 289 g/mol. The van der Waals surface area contributed by atoms with Gasteiger partial charge in [0.1, 0.15) is 0 Å². The minimum atomic E-state index is -4.34. The standard InChI is InChI=1S/C6H3F3INO/c7-6(8,9)4-1-2-11-5(3-4)12-10/h1-3H. The molecule has 6 heteroatoms. The molecule has 1 aromatic heterocycles. The average Bonchev–Trinajstić information content (AvgIpc) is 2.03. The number of alkyl halides is 3. The first kappa shape index (κ1) is 9.56. The van der Waals surface area contributed by atoms with E-state index in [1.165, 1.54) is 23.0 Å². The second-order valence-corrected chi connectivity index (χ2v) is 2.40. The number of hydrogen-bond donors (Lipinski definition) is 0. The normalized spacial score (nSPS) is 11.3. The molecule has 0 radical (unpaired) electrons. The highest BCUT2D eigenvalue weighted by Gasteiger charge is 2.30. The van der Waals surface area contributed by atoms with Gasteiger partial charge in [0, 0.05) is 12.3 Å². The number of rotatable bonds is 1. The summed E-state index contributed by atoms with van der Waals surface area (Å²) in [7, 11) is 0. The van der Waals surface area contributed by atoms with E-state index in [1.807, 2.05) is 0 Å². The highest BCUT2D eigenvalue weighted by molar-refractivity contribution is 14.1. The Kier molecular flexibility index (Phi) is 2.76. The van der Waals surface area contributed by atoms with Crippen LogP contribution in [-0.2, 0) is 6.18 Å². The predicted molar refractivity (Wildman–Crippen MR) is 43.9 cm³/mol. The van der Waals surface area contributed by atoms with E-state index in [2.05, 4.69) is 8.05 Å². The zero-order chi connectivity index (χ0) is 9.19. The molecule has 0 aliphatic rings. The Hall–Kier alpha value is -0.530. The summed E-state index contributed by atoms with van der Waals surface area (Å²) in [4.78, 5) is 3.54. The molecule has 12 heavy (non-hydrogen) atoms. The molecule has 2 nitrogen and oxygen atoms in total. The number of pyridine rings is 1. The van der Waals surface area contributed by atoms with Crippen molar-refractivity contribution in [2.75, 3.05) is 0 Å². The lowest BCUT2D eigenvalue weighted by Crippen LogP contribution is -2.04. The van der Waals surface area contributed by atoms with E-state index in [0.29, 0.717) is 0 Å². The van der Waals surface area contributed by atoms with Crippen LogP contribution in [0.5, 0.6) is 5.88 Å². The zero-order valence-corrected chi connectivity index (χ0v) is 7.76. The lowest BCUT2D eigenvalue weighted by atomic mass is 10.2. The topological polar surface area (TPSA) is 22.1 Å². The molecule has 1 aromatic rings. The lowest BCUT2D eigenvalue weighted by molar-refractivity contribution is -0.137. The van der Waals surface area contributed by atoms with Crippen LogP contribution in [0.3, 0.4) is 0 Å². The first-order valence-electron chi connectivity index (χ1n) is 2.86. The van der Waals surface area contributed by atoms with Gasteiger partial charge in [-0.1, -0.05) is 0 Å². The van der Waals surface area contributed by atoms with Crippen molar-refractivity contribution in [1.82, 2.24) is 4.98 Å². The quantitative estimate of drug-likeness (QED) is 0.742. The van der Waals surface area contributed by atoms with Gasteiger partial charge >= 0.3 is 6.18 Å². The maximum Gasteiger partial charge on any atom is 0.416 e. The van der Waals surface area contributed by atoms with Crippen molar-refractivity contribution in [3.05, 3.63) is 23.9 Å². The summed E-state index contributed by atoms with van der Waals surface area (Å²) in [6.07, 6.45) is -3.29. The summed E-state index contributed by atoms with van der Waals surface area (Å²) in [5.74, 6) is -0.0505. The van der Waals surface area contributed by atoms with Crippen LogP contribution in [0.15, 0.2) is 18.3 Å². The smallest absolute Gasteiger partial charge is 0.408 e. The van der Waals surface area contributed by atoms with Crippen LogP contribution in [0.25, 0.3) is 0 Å². The molecule has 0 spiro atoms. The van der Waals surface area contributed by atoms with Crippen LogP contribution < -0.4 is 3.07 Å². The second kappa shape index (κ2) is 3.46. The van der Waals surface area contributed by atoms with Gasteiger partial charge in [-0.15, -0.1) is 0 Å². The van der Waals surface area contributed by atoms with Crippen LogP contribution in [-0.4, -0.2) is 4.98 Å². The molecule has 0 fully saturated rings. The third kappa shape index (κ3) is 2.23. The molecule has 0 N–H and O–H groups in total. The summed E-state index contributed by atoms with van der Waals surface area (Å²) in [5, 5.41) is 0. The van der Waals surface area contributed by atoms with Gasteiger partial charge in [0.05, 0.1) is 5.56 Å². The van der Waals surface area contributed by atoms with Gasteiger partial charge in [-0.25, -0.2) is 4.98 Å². The molecule has 0 aliphatic heterocycles. The fraction of sp³-hybridized carbons (Fsp3) is 0.167. The Morgan fingerprint density at radius 1 is 1.42 bits per heavy atom. The third-order valence-electron chi connectivity index (χ3n) is 1.14. The Balaban J connectivity index is 3.02. The summed E-state index contributed by atoms with van der Waals surface area (Å²) in [6.45, 7) is 0. The number of nitrogens with zero attached hydrogens (tertiary/aromatic N) is 1. The molecular weight excluding hydrogens is 286 g/mol. The van der Waals surface area contributed by atoms with Gasteiger partial charge < -0.3 is 3.07 Å². The van der Waals surface area contributed by atoms with Gasteiger partial charge in [0.2, 0.25) is 5.88 Å². The summed E-state index contributed by atoms with van der Waals surface area (Å²) >= 11 is 1.47. The van der Waals surface area contributed by atoms with Crippen molar-refractivity contribution in [3.8, 4) is 5.88 Å². The third-order valence-corrected chi connectivity index (χ3v) is 1.59. The van der Waals surface area contributed by atoms with Crippen molar-refractivity contribution in [1.29, 1.82) is 0 Å². The maximum absolute atomic E-state index is 12.0. The van der Waals surface area contributed by atoms with Crippen LogP contribution in [0.4, 0.5) is 13.2 Å². The molecule has 0 aromatic carbocycles. The molecule has 0 bridgehead atoms. The van der Waals surface area contributed by atoms with Crippen LogP contribution in [0, 0.1) is 0 Å². The molecule has 0 amide bonds. The van der Waals surface area contributed by atoms with Gasteiger partial charge in [-0.05, 0) is 6.07 Å². The Bertz CT molecular complexity index is 276. The van der Waals surface area contributed by atoms with E-state index < -0.39 is 11.7 Å². The van der Waals surface area contributed by atoms with Crippen LogP contribution in [0.2, 0.25) is 0 Å². The molecule has 0 aliphatic carbocycles. The number of aromatic nitrogens is 1. The largest absolute Gasteiger partial charge is 0.416 e. The first-order chi connectivity index (χ1) is 5.54. The van der Waals surface area contributed by atoms with E-state index in [0.717, 1.165) is 18.3 Å². The minimum absolute atomic E-state index is 0.0505. The Labute approximate surface area is 80.4 Å². The van der Waals surface area contributed by atoms with Gasteiger partial charge in [-0.3, -0.25) is 0 Å². The minimum Gasteiger partial charge on any atom is -0.408 e. The SMILES string of the molecule is FC(F)(F)c1ccnc(OI)c1. The number of hydrogen-bond acceptors (Lipinski definition) is 2. The first-order valence-corrected chi connectivity index (χ1v) is 3.74. The van der Waals surface area contributed by atoms with Crippen molar-refractivity contribution in [3.63, 3.8) is 0 Å². The Morgan fingerprint density at radius 2 is 2.08 bits per heavy atom. The van der Waals surface area contributed by atoms with E-state index >= 15 is 0 Å². The van der Waals surface area contributed by atoms with E-state index in [4.69, 9.17) is 0 Å². The summed E-state index contributed by atoms with van der Waals surface area (Å²) < 4.78 is 40.6. The van der Waals surface area contributed by atoms with Crippen molar-refractivity contribution >= 4 is 23.0 Å². The molecule has 0 atom stereocenters. The van der Waals surface area contributed by atoms with Crippen LogP contribution >= 0.6 is 23.0 Å². The Morgan fingerprint density at radius 3 is 2.58 bits per heavy atom. The molecule has 0 unspecified atom stereocenters. The van der Waals surface area contributed by atoms with Crippen molar-refractivity contribution in [2.24, 2.45) is 0 Å². The highest BCUT2D eigenvalue weighted by atomic mass is 127. The van der Waals surface area contributed by atoms with Gasteiger partial charge in [0.15, 0.2) is 23.0 Å². The maximum atomic E-state index is 12.0. The molecule has 1 rings (SSSR count). The lowest BCUT2D eigenvalue weighted by Gasteiger charge is -2.05. The average molecular weight is 289 g/mol. The molecule has 0 saturated heterocycles. The summed E-state index contributed by atoms with van der Waals surface area (Å²) in [6, 6.07) is 1.73. The summed E-state index contributed by atoms with van der Waals surface area (Å²) in [5.41, 5.74) is -0.760. The number of halogens is 4. The highest BCUT2D eigenvalue weighted by Crippen LogP contribution is 2.30. The van der Waals surface area contributed by atoms with Gasteiger partial charge in [-0.2, -0.15) is 13.2 Å². The molecule has 1 heterocycles.